The molecule has 120 valence electrons. The van der Waals surface area contributed by atoms with Gasteiger partial charge in [-0.1, -0.05) is 12.1 Å². The molecule has 1 aliphatic rings. The second-order valence-corrected chi connectivity index (χ2v) is 5.14. The van der Waals surface area contributed by atoms with E-state index in [0.717, 1.165) is 30.3 Å². The van der Waals surface area contributed by atoms with E-state index < -0.39 is 4.92 Å². The maximum absolute atomic E-state index is 10.6. The van der Waals surface area contributed by atoms with E-state index in [1.54, 1.807) is 12.1 Å². The first-order valence-corrected chi connectivity index (χ1v) is 7.34. The van der Waals surface area contributed by atoms with Crippen LogP contribution in [0.25, 0.3) is 0 Å². The monoisotopic (exact) mass is 315 g/mol. The predicted octanol–water partition coefficient (Wildman–Crippen LogP) is 1.83. The average molecular weight is 315 g/mol. The van der Waals surface area contributed by atoms with Gasteiger partial charge in [0.15, 0.2) is 0 Å². The van der Waals surface area contributed by atoms with Crippen molar-refractivity contribution in [3.63, 3.8) is 0 Å². The summed E-state index contributed by atoms with van der Waals surface area (Å²) in [6.07, 6.45) is 1.53. The largest absolute Gasteiger partial charge is 0.378 e. The molecule has 0 aliphatic carbocycles. The number of nitrogens with zero attached hydrogens (tertiary/aromatic N) is 4. The highest BCUT2D eigenvalue weighted by atomic mass is 16.6. The van der Waals surface area contributed by atoms with Crippen LogP contribution >= 0.6 is 0 Å². The van der Waals surface area contributed by atoms with Crippen molar-refractivity contribution >= 4 is 17.3 Å². The molecule has 1 saturated heterocycles. The first-order chi connectivity index (χ1) is 11.2. The third-order valence-corrected chi connectivity index (χ3v) is 3.61. The Morgan fingerprint density at radius 3 is 2.65 bits per heavy atom. The smallest absolute Gasteiger partial charge is 0.269 e. The Labute approximate surface area is 133 Å². The zero-order valence-electron chi connectivity index (χ0n) is 12.5. The number of rotatable bonds is 5. The summed E-state index contributed by atoms with van der Waals surface area (Å²) in [5.41, 5.74) is 1.03. The van der Waals surface area contributed by atoms with Crippen LogP contribution in [0.15, 0.2) is 36.7 Å². The highest BCUT2D eigenvalue weighted by molar-refractivity contribution is 5.49. The number of hydrogen-bond donors (Lipinski definition) is 1. The van der Waals surface area contributed by atoms with Gasteiger partial charge in [-0.05, 0) is 5.56 Å². The molecule has 1 N–H and O–H groups in total. The van der Waals surface area contributed by atoms with Crippen LogP contribution in [-0.2, 0) is 11.3 Å². The van der Waals surface area contributed by atoms with Crippen LogP contribution < -0.4 is 10.2 Å². The Kier molecular flexibility index (Phi) is 4.62. The standard InChI is InChI=1S/C15H17N5O3/c21-20(22)13-3-1-12(2-4-13)10-16-14-9-15(18-11-17-14)19-5-7-23-8-6-19/h1-4,9,11H,5-8,10H2,(H,16,17,18). The maximum Gasteiger partial charge on any atom is 0.269 e. The van der Waals surface area contributed by atoms with Gasteiger partial charge >= 0.3 is 0 Å². The van der Waals surface area contributed by atoms with E-state index in [-0.39, 0.29) is 5.69 Å². The molecule has 1 aromatic carbocycles. The molecular formula is C15H17N5O3. The highest BCUT2D eigenvalue weighted by Gasteiger charge is 2.13. The summed E-state index contributed by atoms with van der Waals surface area (Å²) < 4.78 is 5.33. The predicted molar refractivity (Wildman–Crippen MR) is 85.5 cm³/mol. The summed E-state index contributed by atoms with van der Waals surface area (Å²) in [6, 6.07) is 8.35. The van der Waals surface area contributed by atoms with Crippen LogP contribution in [0.1, 0.15) is 5.56 Å². The number of nitro benzene ring substituents is 1. The molecule has 23 heavy (non-hydrogen) atoms. The van der Waals surface area contributed by atoms with E-state index in [2.05, 4.69) is 20.2 Å². The molecule has 0 amide bonds. The summed E-state index contributed by atoms with van der Waals surface area (Å²) >= 11 is 0. The molecule has 0 bridgehead atoms. The second-order valence-electron chi connectivity index (χ2n) is 5.14. The molecule has 3 rings (SSSR count). The zero-order chi connectivity index (χ0) is 16.1. The first kappa shape index (κ1) is 15.2. The van der Waals surface area contributed by atoms with E-state index in [4.69, 9.17) is 4.74 Å². The van der Waals surface area contributed by atoms with Crippen LogP contribution in [0.2, 0.25) is 0 Å². The molecule has 8 nitrogen and oxygen atoms in total. The minimum atomic E-state index is -0.407. The van der Waals surface area contributed by atoms with E-state index in [9.17, 15) is 10.1 Å². The molecule has 1 aromatic heterocycles. The Bertz CT molecular complexity index is 671. The van der Waals surface area contributed by atoms with Crippen LogP contribution in [0.3, 0.4) is 0 Å². The van der Waals surface area contributed by atoms with Gasteiger partial charge in [-0.2, -0.15) is 0 Å². The summed E-state index contributed by atoms with van der Waals surface area (Å²) in [4.78, 5) is 20.9. The lowest BCUT2D eigenvalue weighted by Crippen LogP contribution is -2.36. The summed E-state index contributed by atoms with van der Waals surface area (Å²) in [7, 11) is 0. The van der Waals surface area contributed by atoms with E-state index >= 15 is 0 Å². The van der Waals surface area contributed by atoms with E-state index in [1.165, 1.54) is 18.5 Å². The summed E-state index contributed by atoms with van der Waals surface area (Å²) in [5, 5.41) is 13.8. The molecule has 0 atom stereocenters. The van der Waals surface area contributed by atoms with Crippen molar-refractivity contribution in [2.24, 2.45) is 0 Å². The van der Waals surface area contributed by atoms with Gasteiger partial charge in [0.25, 0.3) is 5.69 Å². The van der Waals surface area contributed by atoms with Crippen LogP contribution in [0.4, 0.5) is 17.3 Å². The molecule has 0 saturated carbocycles. The minimum absolute atomic E-state index is 0.0883. The van der Waals surface area contributed by atoms with Crippen molar-refractivity contribution in [2.45, 2.75) is 6.54 Å². The number of hydrogen-bond acceptors (Lipinski definition) is 7. The van der Waals surface area contributed by atoms with Gasteiger partial charge in [0.05, 0.1) is 18.1 Å². The number of nitro groups is 1. The molecule has 0 radical (unpaired) electrons. The van der Waals surface area contributed by atoms with Gasteiger partial charge in [-0.3, -0.25) is 10.1 Å². The molecule has 2 heterocycles. The number of ether oxygens (including phenoxy) is 1. The average Bonchev–Trinajstić information content (AvgIpc) is 2.61. The van der Waals surface area contributed by atoms with Crippen molar-refractivity contribution in [3.05, 3.63) is 52.3 Å². The SMILES string of the molecule is O=[N+]([O-])c1ccc(CNc2cc(N3CCOCC3)ncn2)cc1. The maximum atomic E-state index is 10.6. The third-order valence-electron chi connectivity index (χ3n) is 3.61. The van der Waals surface area contributed by atoms with Crippen LogP contribution in [0, 0.1) is 10.1 Å². The Hall–Kier alpha value is -2.74. The quantitative estimate of drug-likeness (QED) is 0.664. The number of aromatic nitrogens is 2. The Balaban J connectivity index is 1.62. The van der Waals surface area contributed by atoms with E-state index in [1.807, 2.05) is 6.07 Å². The number of non-ortho nitro benzene ring substituents is 1. The number of morpholine rings is 1. The van der Waals surface area contributed by atoms with Gasteiger partial charge in [0, 0.05) is 37.8 Å². The fourth-order valence-electron chi connectivity index (χ4n) is 2.34. The second kappa shape index (κ2) is 7.01. The third kappa shape index (κ3) is 3.92. The first-order valence-electron chi connectivity index (χ1n) is 7.34. The van der Waals surface area contributed by atoms with Crippen LogP contribution in [-0.4, -0.2) is 41.2 Å². The van der Waals surface area contributed by atoms with Crippen LogP contribution in [0.5, 0.6) is 0 Å². The van der Waals surface area contributed by atoms with Crippen molar-refractivity contribution in [2.75, 3.05) is 36.5 Å². The van der Waals surface area contributed by atoms with Gasteiger partial charge in [0.2, 0.25) is 0 Å². The Morgan fingerprint density at radius 2 is 1.96 bits per heavy atom. The molecule has 0 spiro atoms. The normalized spacial score (nSPS) is 14.5. The van der Waals surface area contributed by atoms with E-state index in [0.29, 0.717) is 19.8 Å². The molecular weight excluding hydrogens is 298 g/mol. The van der Waals surface area contributed by atoms with Gasteiger partial charge in [-0.15, -0.1) is 0 Å². The van der Waals surface area contributed by atoms with Crippen molar-refractivity contribution in [1.29, 1.82) is 0 Å². The molecule has 0 unspecified atom stereocenters. The van der Waals surface area contributed by atoms with Crippen molar-refractivity contribution in [1.82, 2.24) is 9.97 Å². The number of nitrogens with one attached hydrogen (secondary N) is 1. The van der Waals surface area contributed by atoms with Gasteiger partial charge in [-0.25, -0.2) is 9.97 Å². The molecule has 1 aliphatic heterocycles. The summed E-state index contributed by atoms with van der Waals surface area (Å²) in [5.74, 6) is 1.59. The number of benzene rings is 1. The van der Waals surface area contributed by atoms with Gasteiger partial charge in [0.1, 0.15) is 18.0 Å². The molecule has 2 aromatic rings. The lowest BCUT2D eigenvalue weighted by Gasteiger charge is -2.27. The van der Waals surface area contributed by atoms with Gasteiger partial charge < -0.3 is 15.0 Å². The molecule has 8 heteroatoms. The fourth-order valence-corrected chi connectivity index (χ4v) is 2.34. The lowest BCUT2D eigenvalue weighted by molar-refractivity contribution is -0.384. The van der Waals surface area contributed by atoms with Crippen molar-refractivity contribution < 1.29 is 9.66 Å². The topological polar surface area (TPSA) is 93.4 Å². The molecule has 1 fully saturated rings. The number of anilines is 2. The van der Waals surface area contributed by atoms with Crippen molar-refractivity contribution in [3.8, 4) is 0 Å². The zero-order valence-corrected chi connectivity index (χ0v) is 12.5. The minimum Gasteiger partial charge on any atom is -0.378 e. The highest BCUT2D eigenvalue weighted by Crippen LogP contribution is 2.17. The Morgan fingerprint density at radius 1 is 1.22 bits per heavy atom. The lowest BCUT2D eigenvalue weighted by atomic mass is 10.2. The summed E-state index contributed by atoms with van der Waals surface area (Å²) in [6.45, 7) is 3.58. The fraction of sp³-hybridized carbons (Fsp3) is 0.333.